The van der Waals surface area contributed by atoms with E-state index in [1.807, 2.05) is 0 Å². The average molecular weight is 220 g/mol. The van der Waals surface area contributed by atoms with Crippen LogP contribution < -0.4 is 0 Å². The summed E-state index contributed by atoms with van der Waals surface area (Å²) < 4.78 is 16.4. The van der Waals surface area contributed by atoms with Crippen molar-refractivity contribution in [2.24, 2.45) is 0 Å². The second-order valence-corrected chi connectivity index (χ2v) is 3.37. The van der Waals surface area contributed by atoms with Crippen LogP contribution in [0.1, 0.15) is 20.8 Å². The van der Waals surface area contributed by atoms with Crippen molar-refractivity contribution >= 4 is 18.5 Å². The minimum absolute atomic E-state index is 0.803. The molecular formula is C8H12O7. The number of carbonyl (C=O) groups is 3. The molecule has 0 aromatic heterocycles. The molecule has 0 atom stereocenters. The van der Waals surface area contributed by atoms with Crippen LogP contribution in [0, 0.1) is 0 Å². The first-order chi connectivity index (χ1) is 6.74. The van der Waals surface area contributed by atoms with E-state index in [2.05, 4.69) is 18.9 Å². The van der Waals surface area contributed by atoms with E-state index in [9.17, 15) is 14.4 Å². The lowest BCUT2D eigenvalue weighted by Crippen LogP contribution is -2.27. The minimum atomic E-state index is -1.50. The van der Waals surface area contributed by atoms with E-state index >= 15 is 0 Å². The minimum Gasteiger partial charge on any atom is -0.437 e. The molecule has 15 heavy (non-hydrogen) atoms. The fourth-order valence-electron chi connectivity index (χ4n) is 0.469. The summed E-state index contributed by atoms with van der Waals surface area (Å²) >= 11 is 0. The summed E-state index contributed by atoms with van der Waals surface area (Å²) in [6.45, 7) is 4.75. The van der Waals surface area contributed by atoms with Crippen molar-refractivity contribution in [3.05, 3.63) is 0 Å². The van der Waals surface area contributed by atoms with Gasteiger partial charge in [0.1, 0.15) is 5.60 Å². The highest BCUT2D eigenvalue weighted by molar-refractivity contribution is 5.83. The summed E-state index contributed by atoms with van der Waals surface area (Å²) in [4.78, 5) is 31.9. The molecule has 0 radical (unpaired) electrons. The molecule has 0 heterocycles. The number of rotatable bonds is 0. The monoisotopic (exact) mass is 220 g/mol. The lowest BCUT2D eigenvalue weighted by molar-refractivity contribution is -0.00589. The van der Waals surface area contributed by atoms with Gasteiger partial charge < -0.3 is 18.9 Å². The number of hydrogen-bond donors (Lipinski definition) is 0. The van der Waals surface area contributed by atoms with E-state index in [0.29, 0.717) is 0 Å². The van der Waals surface area contributed by atoms with E-state index in [1.165, 1.54) is 0 Å². The predicted octanol–water partition coefficient (Wildman–Crippen LogP) is 1.84. The smallest absolute Gasteiger partial charge is 0.437 e. The van der Waals surface area contributed by atoms with Crippen LogP contribution in [0.15, 0.2) is 0 Å². The van der Waals surface area contributed by atoms with Crippen LogP contribution in [0.3, 0.4) is 0 Å². The fourth-order valence-corrected chi connectivity index (χ4v) is 0.469. The quantitative estimate of drug-likeness (QED) is 0.454. The van der Waals surface area contributed by atoms with Crippen LogP contribution in [0.25, 0.3) is 0 Å². The molecule has 0 aliphatic carbocycles. The molecule has 0 spiro atoms. The van der Waals surface area contributed by atoms with Crippen molar-refractivity contribution in [1.29, 1.82) is 0 Å². The molecule has 0 saturated carbocycles. The Hall–Kier alpha value is -1.79. The van der Waals surface area contributed by atoms with Gasteiger partial charge in [-0.05, 0) is 20.8 Å². The first-order valence-corrected chi connectivity index (χ1v) is 3.95. The summed E-state index contributed by atoms with van der Waals surface area (Å²) in [5.74, 6) is 0. The standard InChI is InChI=1S/C8H12O7/c1-8(2,3)15-7(11)14-6(10)13-5(9)12-4/h1-4H3. The van der Waals surface area contributed by atoms with Gasteiger partial charge in [-0.25, -0.2) is 14.4 Å². The Labute approximate surface area is 86.2 Å². The number of carbonyl (C=O) groups excluding carboxylic acids is 3. The van der Waals surface area contributed by atoms with E-state index in [-0.39, 0.29) is 0 Å². The third kappa shape index (κ3) is 7.29. The van der Waals surface area contributed by atoms with Crippen molar-refractivity contribution in [1.82, 2.24) is 0 Å². The third-order valence-electron chi connectivity index (χ3n) is 0.890. The van der Waals surface area contributed by atoms with Gasteiger partial charge in [-0.2, -0.15) is 0 Å². The van der Waals surface area contributed by atoms with Crippen LogP contribution in [-0.4, -0.2) is 31.2 Å². The van der Waals surface area contributed by atoms with Gasteiger partial charge in [-0.1, -0.05) is 0 Å². The molecule has 0 aromatic rings. The lowest BCUT2D eigenvalue weighted by Gasteiger charge is -2.17. The zero-order valence-corrected chi connectivity index (χ0v) is 8.86. The Morgan fingerprint density at radius 3 is 1.73 bits per heavy atom. The molecule has 0 N–H and O–H groups in total. The van der Waals surface area contributed by atoms with Crippen LogP contribution in [0.5, 0.6) is 0 Å². The second-order valence-electron chi connectivity index (χ2n) is 3.37. The summed E-state index contributed by atoms with van der Waals surface area (Å²) in [6, 6.07) is 0. The van der Waals surface area contributed by atoms with Crippen LogP contribution in [0.4, 0.5) is 14.4 Å². The van der Waals surface area contributed by atoms with Crippen LogP contribution in [-0.2, 0) is 18.9 Å². The van der Waals surface area contributed by atoms with Crippen molar-refractivity contribution in [3.63, 3.8) is 0 Å². The van der Waals surface area contributed by atoms with Crippen LogP contribution in [0.2, 0.25) is 0 Å². The third-order valence-corrected chi connectivity index (χ3v) is 0.890. The van der Waals surface area contributed by atoms with Gasteiger partial charge in [0.15, 0.2) is 0 Å². The van der Waals surface area contributed by atoms with Crippen LogP contribution >= 0.6 is 0 Å². The zero-order valence-electron chi connectivity index (χ0n) is 8.86. The normalized spacial score (nSPS) is 10.1. The van der Waals surface area contributed by atoms with E-state index < -0.39 is 24.1 Å². The first kappa shape index (κ1) is 13.2. The van der Waals surface area contributed by atoms with Gasteiger partial charge in [0.25, 0.3) is 0 Å². The van der Waals surface area contributed by atoms with Gasteiger partial charge in [-0.15, -0.1) is 0 Å². The second kappa shape index (κ2) is 5.18. The topological polar surface area (TPSA) is 88.1 Å². The molecule has 0 rings (SSSR count). The van der Waals surface area contributed by atoms with E-state index in [4.69, 9.17) is 0 Å². The molecule has 0 saturated heterocycles. The highest BCUT2D eigenvalue weighted by atomic mass is 16.9. The summed E-state index contributed by atoms with van der Waals surface area (Å²) in [7, 11) is 1.00. The molecule has 0 amide bonds. The molecule has 0 aliphatic rings. The maximum atomic E-state index is 10.8. The van der Waals surface area contributed by atoms with Crippen molar-refractivity contribution in [2.45, 2.75) is 26.4 Å². The molecular weight excluding hydrogens is 208 g/mol. The Kier molecular flexibility index (Phi) is 4.56. The van der Waals surface area contributed by atoms with Gasteiger partial charge in [0, 0.05) is 0 Å². The van der Waals surface area contributed by atoms with Gasteiger partial charge in [0.05, 0.1) is 7.11 Å². The molecule has 7 heteroatoms. The van der Waals surface area contributed by atoms with Crippen molar-refractivity contribution < 1.29 is 33.3 Å². The SMILES string of the molecule is COC(=O)OC(=O)OC(=O)OC(C)(C)C. The maximum Gasteiger partial charge on any atom is 0.528 e. The molecule has 0 bridgehead atoms. The number of methoxy groups -OCH3 is 1. The Bertz CT molecular complexity index is 263. The summed E-state index contributed by atoms with van der Waals surface area (Å²) in [6.07, 6.45) is -4.03. The fraction of sp³-hybridized carbons (Fsp3) is 0.625. The van der Waals surface area contributed by atoms with Crippen molar-refractivity contribution in [3.8, 4) is 0 Å². The molecule has 0 aliphatic heterocycles. The molecule has 0 fully saturated rings. The highest BCUT2D eigenvalue weighted by Crippen LogP contribution is 2.08. The largest absolute Gasteiger partial charge is 0.528 e. The average Bonchev–Trinajstić information content (AvgIpc) is 1.99. The molecule has 7 nitrogen and oxygen atoms in total. The first-order valence-electron chi connectivity index (χ1n) is 3.95. The molecule has 86 valence electrons. The maximum absolute atomic E-state index is 10.8. The Morgan fingerprint density at radius 1 is 0.867 bits per heavy atom. The van der Waals surface area contributed by atoms with Gasteiger partial charge >= 0.3 is 18.5 Å². The summed E-state index contributed by atoms with van der Waals surface area (Å²) in [5.41, 5.74) is -0.803. The van der Waals surface area contributed by atoms with Crippen molar-refractivity contribution in [2.75, 3.05) is 7.11 Å². The van der Waals surface area contributed by atoms with Gasteiger partial charge in [-0.3, -0.25) is 0 Å². The zero-order chi connectivity index (χ0) is 12.1. The number of hydrogen-bond acceptors (Lipinski definition) is 7. The predicted molar refractivity (Wildman–Crippen MR) is 46.2 cm³/mol. The number of ether oxygens (including phenoxy) is 4. The Balaban J connectivity index is 3.98. The highest BCUT2D eigenvalue weighted by Gasteiger charge is 2.22. The van der Waals surface area contributed by atoms with E-state index in [0.717, 1.165) is 7.11 Å². The Morgan fingerprint density at radius 2 is 1.33 bits per heavy atom. The van der Waals surface area contributed by atoms with Gasteiger partial charge in [0.2, 0.25) is 0 Å². The summed E-state index contributed by atoms with van der Waals surface area (Å²) in [5, 5.41) is 0. The lowest BCUT2D eigenvalue weighted by atomic mass is 10.2. The molecule has 0 unspecified atom stereocenters. The molecule has 0 aromatic carbocycles. The van der Waals surface area contributed by atoms with E-state index in [1.54, 1.807) is 20.8 Å².